The summed E-state index contributed by atoms with van der Waals surface area (Å²) in [6, 6.07) is 15.8. The standard InChI is InChI=1S/C15H9O2/c16-14-15(17-14)12-7-3-1-5-10(12)9-11-6-2-4-8-13(11)15/h1-9H. The number of epoxide rings is 1. The van der Waals surface area contributed by atoms with Gasteiger partial charge in [0.2, 0.25) is 0 Å². The number of benzene rings is 2. The molecule has 0 atom stereocenters. The Morgan fingerprint density at radius 2 is 1.29 bits per heavy atom. The number of fused-ring (bicyclic) bond motifs is 4. The third-order valence-electron chi connectivity index (χ3n) is 3.48. The van der Waals surface area contributed by atoms with Gasteiger partial charge in [0.1, 0.15) is 0 Å². The molecule has 0 aromatic heterocycles. The highest BCUT2D eigenvalue weighted by Crippen LogP contribution is 2.52. The molecule has 0 saturated carbocycles. The summed E-state index contributed by atoms with van der Waals surface area (Å²) < 4.78 is 5.34. The zero-order valence-electron chi connectivity index (χ0n) is 9.01. The van der Waals surface area contributed by atoms with E-state index in [0.717, 1.165) is 22.3 Å². The molecule has 0 amide bonds. The zero-order chi connectivity index (χ0) is 11.5. The molecule has 2 aliphatic rings. The molecule has 1 radical (unpaired) electrons. The number of hydrogen-bond donors (Lipinski definition) is 0. The smallest absolute Gasteiger partial charge is 0.362 e. The van der Waals surface area contributed by atoms with Crippen LogP contribution in [0, 0.1) is 6.42 Å². The maximum absolute atomic E-state index is 11.8. The molecule has 0 bridgehead atoms. The maximum Gasteiger partial charge on any atom is 0.362 e. The van der Waals surface area contributed by atoms with Crippen molar-refractivity contribution in [3.05, 3.63) is 77.2 Å². The second-order valence-electron chi connectivity index (χ2n) is 4.39. The van der Waals surface area contributed by atoms with Crippen LogP contribution in [0.2, 0.25) is 0 Å². The van der Waals surface area contributed by atoms with Crippen LogP contribution in [0.25, 0.3) is 0 Å². The largest absolute Gasteiger partial charge is 0.433 e. The van der Waals surface area contributed by atoms with Gasteiger partial charge in [-0.2, -0.15) is 0 Å². The highest BCUT2D eigenvalue weighted by molar-refractivity contribution is 6.00. The summed E-state index contributed by atoms with van der Waals surface area (Å²) in [5, 5.41) is 0. The second-order valence-corrected chi connectivity index (χ2v) is 4.39. The minimum atomic E-state index is -0.818. The average molecular weight is 221 g/mol. The third-order valence-corrected chi connectivity index (χ3v) is 3.48. The Bertz CT molecular complexity index is 597. The number of ether oxygens (including phenoxy) is 1. The van der Waals surface area contributed by atoms with Gasteiger partial charge in [-0.25, -0.2) is 4.79 Å². The van der Waals surface area contributed by atoms with Crippen molar-refractivity contribution in [3.8, 4) is 0 Å². The monoisotopic (exact) mass is 221 g/mol. The van der Waals surface area contributed by atoms with Crippen molar-refractivity contribution in [1.82, 2.24) is 0 Å². The van der Waals surface area contributed by atoms with Crippen molar-refractivity contribution >= 4 is 5.97 Å². The molecule has 2 nitrogen and oxygen atoms in total. The normalized spacial score (nSPS) is 18.2. The fraction of sp³-hybridized carbons (Fsp3) is 0.0667. The molecule has 4 rings (SSSR count). The summed E-state index contributed by atoms with van der Waals surface area (Å²) in [4.78, 5) is 11.8. The van der Waals surface area contributed by atoms with Crippen molar-refractivity contribution in [2.75, 3.05) is 0 Å². The van der Waals surface area contributed by atoms with Gasteiger partial charge in [0, 0.05) is 17.5 Å². The van der Waals surface area contributed by atoms with Crippen LogP contribution in [0.1, 0.15) is 22.3 Å². The quantitative estimate of drug-likeness (QED) is 0.639. The van der Waals surface area contributed by atoms with E-state index >= 15 is 0 Å². The molecule has 1 aliphatic heterocycles. The molecule has 1 saturated heterocycles. The average Bonchev–Trinajstić information content (AvgIpc) is 3.02. The molecular formula is C15H9O2. The summed E-state index contributed by atoms with van der Waals surface area (Å²) >= 11 is 0. The van der Waals surface area contributed by atoms with Gasteiger partial charge >= 0.3 is 5.97 Å². The first kappa shape index (κ1) is 8.99. The molecule has 2 aromatic carbocycles. The van der Waals surface area contributed by atoms with Crippen molar-refractivity contribution in [2.45, 2.75) is 5.60 Å². The van der Waals surface area contributed by atoms with Crippen LogP contribution in [0.3, 0.4) is 0 Å². The highest BCUT2D eigenvalue weighted by atomic mass is 16.7. The highest BCUT2D eigenvalue weighted by Gasteiger charge is 2.63. The van der Waals surface area contributed by atoms with Crippen LogP contribution >= 0.6 is 0 Å². The lowest BCUT2D eigenvalue weighted by Gasteiger charge is -2.22. The summed E-state index contributed by atoms with van der Waals surface area (Å²) in [6.45, 7) is 0. The lowest BCUT2D eigenvalue weighted by atomic mass is 9.78. The van der Waals surface area contributed by atoms with E-state index in [9.17, 15) is 4.79 Å². The van der Waals surface area contributed by atoms with E-state index in [2.05, 4.69) is 6.42 Å². The van der Waals surface area contributed by atoms with Crippen molar-refractivity contribution < 1.29 is 9.53 Å². The summed E-state index contributed by atoms with van der Waals surface area (Å²) in [5.74, 6) is -0.148. The Balaban J connectivity index is 2.05. The predicted molar refractivity (Wildman–Crippen MR) is 62.3 cm³/mol. The fourth-order valence-electron chi connectivity index (χ4n) is 2.64. The lowest BCUT2D eigenvalue weighted by molar-refractivity contribution is -0.117. The third kappa shape index (κ3) is 0.978. The van der Waals surface area contributed by atoms with Crippen LogP contribution in [0.5, 0.6) is 0 Å². The molecule has 2 aromatic rings. The van der Waals surface area contributed by atoms with Gasteiger partial charge in [-0.05, 0) is 11.1 Å². The van der Waals surface area contributed by atoms with Crippen molar-refractivity contribution in [1.29, 1.82) is 0 Å². The summed E-state index contributed by atoms with van der Waals surface area (Å²) in [7, 11) is 0. The van der Waals surface area contributed by atoms with Gasteiger partial charge in [0.25, 0.3) is 5.60 Å². The molecule has 1 fully saturated rings. The summed E-state index contributed by atoms with van der Waals surface area (Å²) in [6.07, 6.45) is 2.10. The first-order chi connectivity index (χ1) is 8.32. The van der Waals surface area contributed by atoms with E-state index in [4.69, 9.17) is 4.74 Å². The van der Waals surface area contributed by atoms with Crippen LogP contribution in [-0.2, 0) is 15.1 Å². The van der Waals surface area contributed by atoms with E-state index in [1.54, 1.807) is 0 Å². The first-order valence-corrected chi connectivity index (χ1v) is 5.59. The minimum absolute atomic E-state index is 0.148. The molecule has 1 aliphatic carbocycles. The van der Waals surface area contributed by atoms with E-state index in [1.165, 1.54) is 0 Å². The van der Waals surface area contributed by atoms with E-state index in [-0.39, 0.29) is 5.97 Å². The van der Waals surface area contributed by atoms with Crippen LogP contribution in [0.15, 0.2) is 48.5 Å². The SMILES string of the molecule is O=C1OC12c1ccccc1[CH]c1ccccc12. The van der Waals surface area contributed by atoms with E-state index in [1.807, 2.05) is 48.5 Å². The fourth-order valence-corrected chi connectivity index (χ4v) is 2.64. The number of carbonyl (C=O) groups excluding carboxylic acids is 1. The van der Waals surface area contributed by atoms with Crippen LogP contribution in [-0.4, -0.2) is 5.97 Å². The number of hydrogen-bond acceptors (Lipinski definition) is 2. The molecule has 81 valence electrons. The molecule has 17 heavy (non-hydrogen) atoms. The Labute approximate surface area is 98.8 Å². The summed E-state index contributed by atoms with van der Waals surface area (Å²) in [5.41, 5.74) is 3.24. The van der Waals surface area contributed by atoms with Crippen molar-refractivity contribution in [3.63, 3.8) is 0 Å². The van der Waals surface area contributed by atoms with Crippen LogP contribution in [0.4, 0.5) is 0 Å². The predicted octanol–water partition coefficient (Wildman–Crippen LogP) is 2.40. The number of rotatable bonds is 0. The maximum atomic E-state index is 11.8. The Morgan fingerprint density at radius 1 is 0.824 bits per heavy atom. The van der Waals surface area contributed by atoms with Crippen molar-refractivity contribution in [2.24, 2.45) is 0 Å². The molecule has 0 N–H and O–H groups in total. The van der Waals surface area contributed by atoms with Gasteiger partial charge in [-0.3, -0.25) is 0 Å². The molecule has 1 heterocycles. The molecule has 0 unspecified atom stereocenters. The first-order valence-electron chi connectivity index (χ1n) is 5.59. The Kier molecular flexibility index (Phi) is 1.47. The van der Waals surface area contributed by atoms with Crippen LogP contribution < -0.4 is 0 Å². The Hall–Kier alpha value is -2.09. The molecule has 1 spiro atoms. The Morgan fingerprint density at radius 3 is 1.76 bits per heavy atom. The topological polar surface area (TPSA) is 29.6 Å². The second kappa shape index (κ2) is 2.77. The van der Waals surface area contributed by atoms with Gasteiger partial charge in [-0.1, -0.05) is 48.5 Å². The van der Waals surface area contributed by atoms with E-state index < -0.39 is 5.60 Å². The van der Waals surface area contributed by atoms with Gasteiger partial charge < -0.3 is 4.74 Å². The minimum Gasteiger partial charge on any atom is -0.433 e. The van der Waals surface area contributed by atoms with Gasteiger partial charge in [0.15, 0.2) is 0 Å². The number of carbonyl (C=O) groups is 1. The lowest BCUT2D eigenvalue weighted by Crippen LogP contribution is -2.21. The molecule has 2 heteroatoms. The van der Waals surface area contributed by atoms with Gasteiger partial charge in [0.05, 0.1) is 0 Å². The zero-order valence-corrected chi connectivity index (χ0v) is 9.01. The van der Waals surface area contributed by atoms with Gasteiger partial charge in [-0.15, -0.1) is 0 Å². The van der Waals surface area contributed by atoms with E-state index in [0.29, 0.717) is 0 Å². The molecular weight excluding hydrogens is 212 g/mol.